The van der Waals surface area contributed by atoms with E-state index in [1.807, 2.05) is 18.2 Å². The molecule has 4 nitrogen and oxygen atoms in total. The van der Waals surface area contributed by atoms with E-state index in [2.05, 4.69) is 10.2 Å². The molecule has 0 bridgehead atoms. The van der Waals surface area contributed by atoms with Crippen LogP contribution in [0.25, 0.3) is 0 Å². The molecular weight excluding hydrogens is 214 g/mol. The number of likely N-dealkylation sites (tertiary alicyclic amines) is 1. The maximum absolute atomic E-state index is 12.1. The zero-order valence-corrected chi connectivity index (χ0v) is 9.78. The van der Waals surface area contributed by atoms with Gasteiger partial charge >= 0.3 is 0 Å². The molecule has 2 aliphatic rings. The van der Waals surface area contributed by atoms with E-state index >= 15 is 0 Å². The Labute approximate surface area is 101 Å². The second kappa shape index (κ2) is 4.04. The first-order chi connectivity index (χ1) is 8.25. The van der Waals surface area contributed by atoms with Crippen molar-refractivity contribution < 1.29 is 4.79 Å². The van der Waals surface area contributed by atoms with Crippen molar-refractivity contribution in [3.8, 4) is 0 Å². The lowest BCUT2D eigenvalue weighted by Crippen LogP contribution is -2.46. The predicted molar refractivity (Wildman–Crippen MR) is 67.8 cm³/mol. The van der Waals surface area contributed by atoms with Crippen molar-refractivity contribution in [2.75, 3.05) is 24.1 Å². The lowest BCUT2D eigenvalue weighted by molar-refractivity contribution is -0.121. The Morgan fingerprint density at radius 1 is 1.29 bits per heavy atom. The molecule has 2 heterocycles. The van der Waals surface area contributed by atoms with Gasteiger partial charge in [-0.1, -0.05) is 12.1 Å². The third kappa shape index (κ3) is 1.78. The van der Waals surface area contributed by atoms with Gasteiger partial charge in [0.25, 0.3) is 0 Å². The Morgan fingerprint density at radius 2 is 2.06 bits per heavy atom. The van der Waals surface area contributed by atoms with Crippen molar-refractivity contribution in [3.05, 3.63) is 23.8 Å². The number of carbonyl (C=O) groups is 1. The highest BCUT2D eigenvalue weighted by molar-refractivity contribution is 6.00. The number of para-hydroxylation sites is 1. The summed E-state index contributed by atoms with van der Waals surface area (Å²) in [5, 5.41) is 2.95. The highest BCUT2D eigenvalue weighted by Crippen LogP contribution is 2.30. The molecule has 3 rings (SSSR count). The average molecular weight is 231 g/mol. The average Bonchev–Trinajstić information content (AvgIpc) is 2.83. The van der Waals surface area contributed by atoms with Crippen molar-refractivity contribution in [1.82, 2.24) is 4.90 Å². The fourth-order valence-corrected chi connectivity index (χ4v) is 2.80. The summed E-state index contributed by atoms with van der Waals surface area (Å²) < 4.78 is 0. The van der Waals surface area contributed by atoms with E-state index in [9.17, 15) is 4.79 Å². The van der Waals surface area contributed by atoms with Crippen molar-refractivity contribution in [2.24, 2.45) is 0 Å². The molecule has 0 saturated carbocycles. The van der Waals surface area contributed by atoms with Crippen molar-refractivity contribution in [1.29, 1.82) is 0 Å². The van der Waals surface area contributed by atoms with Gasteiger partial charge < -0.3 is 11.1 Å². The van der Waals surface area contributed by atoms with Gasteiger partial charge in [0.2, 0.25) is 5.91 Å². The summed E-state index contributed by atoms with van der Waals surface area (Å²) in [5.74, 6) is 0.0947. The minimum atomic E-state index is -0.00759. The first-order valence-electron chi connectivity index (χ1n) is 6.18. The van der Waals surface area contributed by atoms with Crippen LogP contribution in [0.4, 0.5) is 11.4 Å². The summed E-state index contributed by atoms with van der Waals surface area (Å²) in [6.07, 6.45) is 3.19. The summed E-state index contributed by atoms with van der Waals surface area (Å²) in [4.78, 5) is 14.4. The van der Waals surface area contributed by atoms with Crippen LogP contribution in [0.3, 0.4) is 0 Å². The van der Waals surface area contributed by atoms with E-state index in [4.69, 9.17) is 5.73 Å². The fraction of sp³-hybridized carbons (Fsp3) is 0.462. The number of amides is 1. The second-order valence-corrected chi connectivity index (χ2v) is 4.83. The number of nitrogens with zero attached hydrogens (tertiary/aromatic N) is 1. The number of nitrogens with one attached hydrogen (secondary N) is 1. The van der Waals surface area contributed by atoms with Gasteiger partial charge in [-0.2, -0.15) is 0 Å². The molecule has 1 aromatic carbocycles. The molecule has 3 N–H and O–H groups in total. The third-order valence-electron chi connectivity index (χ3n) is 3.73. The lowest BCUT2D eigenvalue weighted by atomic mass is 9.97. The largest absolute Gasteiger partial charge is 0.397 e. The van der Waals surface area contributed by atoms with Gasteiger partial charge in [-0.15, -0.1) is 0 Å². The van der Waals surface area contributed by atoms with Gasteiger partial charge in [0.05, 0.1) is 17.4 Å². The summed E-state index contributed by atoms with van der Waals surface area (Å²) in [7, 11) is 0. The smallest absolute Gasteiger partial charge is 0.242 e. The molecule has 1 saturated heterocycles. The van der Waals surface area contributed by atoms with Crippen LogP contribution in [0, 0.1) is 0 Å². The van der Waals surface area contributed by atoms with Crippen LogP contribution >= 0.6 is 0 Å². The Morgan fingerprint density at radius 3 is 2.82 bits per heavy atom. The zero-order valence-electron chi connectivity index (χ0n) is 9.78. The van der Waals surface area contributed by atoms with Crippen LogP contribution < -0.4 is 11.1 Å². The van der Waals surface area contributed by atoms with Crippen LogP contribution in [0.2, 0.25) is 0 Å². The topological polar surface area (TPSA) is 58.4 Å². The monoisotopic (exact) mass is 231 g/mol. The molecule has 4 heteroatoms. The van der Waals surface area contributed by atoms with Crippen LogP contribution in [-0.4, -0.2) is 29.9 Å². The van der Waals surface area contributed by atoms with Gasteiger partial charge in [0, 0.05) is 0 Å². The van der Waals surface area contributed by atoms with E-state index < -0.39 is 0 Å². The van der Waals surface area contributed by atoms with Crippen LogP contribution in [0.15, 0.2) is 18.2 Å². The molecule has 1 amide bonds. The van der Waals surface area contributed by atoms with Gasteiger partial charge in [0.15, 0.2) is 0 Å². The van der Waals surface area contributed by atoms with E-state index in [-0.39, 0.29) is 11.9 Å². The van der Waals surface area contributed by atoms with Crippen LogP contribution in [-0.2, 0) is 11.2 Å². The summed E-state index contributed by atoms with van der Waals surface area (Å²) in [6, 6.07) is 5.82. The number of benzene rings is 1. The van der Waals surface area contributed by atoms with E-state index in [1.165, 1.54) is 12.8 Å². The molecule has 0 radical (unpaired) electrons. The summed E-state index contributed by atoms with van der Waals surface area (Å²) in [5.41, 5.74) is 8.50. The Kier molecular flexibility index (Phi) is 2.52. The van der Waals surface area contributed by atoms with Crippen molar-refractivity contribution in [3.63, 3.8) is 0 Å². The Balaban J connectivity index is 1.89. The highest BCUT2D eigenvalue weighted by Gasteiger charge is 2.32. The molecule has 1 aromatic rings. The van der Waals surface area contributed by atoms with Crippen LogP contribution in [0.5, 0.6) is 0 Å². The number of rotatable bonds is 1. The SMILES string of the molecule is Nc1cccc2c1NC(=O)C(N1CCCC1)C2. The van der Waals surface area contributed by atoms with E-state index in [0.29, 0.717) is 5.69 Å². The number of anilines is 2. The maximum atomic E-state index is 12.1. The van der Waals surface area contributed by atoms with Crippen molar-refractivity contribution in [2.45, 2.75) is 25.3 Å². The van der Waals surface area contributed by atoms with Gasteiger partial charge in [-0.3, -0.25) is 9.69 Å². The van der Waals surface area contributed by atoms with Gasteiger partial charge in [0.1, 0.15) is 0 Å². The standard InChI is InChI=1S/C13H17N3O/c14-10-5-3-4-9-8-11(13(17)15-12(9)10)16-6-1-2-7-16/h3-5,11H,1-2,6-8,14H2,(H,15,17). The fourth-order valence-electron chi connectivity index (χ4n) is 2.80. The number of fused-ring (bicyclic) bond motifs is 1. The molecule has 0 aromatic heterocycles. The molecule has 90 valence electrons. The predicted octanol–water partition coefficient (Wildman–Crippen LogP) is 1.23. The quantitative estimate of drug-likeness (QED) is 0.715. The summed E-state index contributed by atoms with van der Waals surface area (Å²) >= 11 is 0. The van der Waals surface area contributed by atoms with Crippen molar-refractivity contribution >= 4 is 17.3 Å². The molecule has 0 aliphatic carbocycles. The molecule has 0 spiro atoms. The minimum Gasteiger partial charge on any atom is -0.397 e. The highest BCUT2D eigenvalue weighted by atomic mass is 16.2. The number of nitrogen functional groups attached to an aromatic ring is 1. The lowest BCUT2D eigenvalue weighted by Gasteiger charge is -2.31. The van der Waals surface area contributed by atoms with Gasteiger partial charge in [-0.25, -0.2) is 0 Å². The molecule has 1 atom stereocenters. The zero-order chi connectivity index (χ0) is 11.8. The number of hydrogen-bond acceptors (Lipinski definition) is 3. The van der Waals surface area contributed by atoms with Crippen LogP contribution in [0.1, 0.15) is 18.4 Å². The van der Waals surface area contributed by atoms with E-state index in [0.717, 1.165) is 30.8 Å². The first-order valence-corrected chi connectivity index (χ1v) is 6.18. The second-order valence-electron chi connectivity index (χ2n) is 4.83. The number of nitrogens with two attached hydrogens (primary N) is 1. The normalized spacial score (nSPS) is 24.5. The maximum Gasteiger partial charge on any atom is 0.242 e. The number of hydrogen-bond donors (Lipinski definition) is 2. The summed E-state index contributed by atoms with van der Waals surface area (Å²) in [6.45, 7) is 2.07. The van der Waals surface area contributed by atoms with E-state index in [1.54, 1.807) is 0 Å². The molecule has 1 unspecified atom stereocenters. The van der Waals surface area contributed by atoms with Gasteiger partial charge in [-0.05, 0) is 44.0 Å². The minimum absolute atomic E-state index is 0.00759. The number of carbonyl (C=O) groups excluding carboxylic acids is 1. The molecular formula is C13H17N3O. The molecule has 17 heavy (non-hydrogen) atoms. The Hall–Kier alpha value is -1.55. The molecule has 2 aliphatic heterocycles. The third-order valence-corrected chi connectivity index (χ3v) is 3.73. The Bertz CT molecular complexity index is 452. The first kappa shape index (κ1) is 10.6. The molecule has 1 fully saturated rings.